The van der Waals surface area contributed by atoms with Gasteiger partial charge < -0.3 is 5.73 Å². The Morgan fingerprint density at radius 2 is 2.00 bits per heavy atom. The van der Waals surface area contributed by atoms with Gasteiger partial charge in [0.05, 0.1) is 26.5 Å². The predicted molar refractivity (Wildman–Crippen MR) is 83.4 cm³/mol. The minimum Gasteiger partial charge on any atom is -0.398 e. The normalized spacial score (nSPS) is 10.7. The number of fused-ring (bicyclic) bond motifs is 1. The molecule has 0 atom stereocenters. The third-order valence-electron chi connectivity index (χ3n) is 2.79. The van der Waals surface area contributed by atoms with E-state index >= 15 is 0 Å². The minimum atomic E-state index is -0.318. The maximum absolute atomic E-state index is 12.2. The fourth-order valence-electron chi connectivity index (χ4n) is 1.82. The second-order valence-corrected chi connectivity index (χ2v) is 5.56. The second kappa shape index (κ2) is 5.11. The molecule has 0 radical (unpaired) electrons. The molecule has 20 heavy (non-hydrogen) atoms. The average molecular weight is 304 g/mol. The highest BCUT2D eigenvalue weighted by atomic mass is 35.5. The van der Waals surface area contributed by atoms with Crippen LogP contribution in [0.25, 0.3) is 10.2 Å². The molecule has 0 aliphatic rings. The number of hydrogen-bond acceptors (Lipinski definition) is 4. The van der Waals surface area contributed by atoms with Crippen LogP contribution in [0.5, 0.6) is 0 Å². The molecule has 3 N–H and O–H groups in total. The van der Waals surface area contributed by atoms with Gasteiger partial charge in [-0.3, -0.25) is 10.1 Å². The van der Waals surface area contributed by atoms with Crippen molar-refractivity contribution in [1.82, 2.24) is 4.98 Å². The molecule has 0 unspecified atom stereocenters. The van der Waals surface area contributed by atoms with E-state index in [0.29, 0.717) is 16.4 Å². The topological polar surface area (TPSA) is 68.0 Å². The summed E-state index contributed by atoms with van der Waals surface area (Å²) >= 11 is 7.44. The summed E-state index contributed by atoms with van der Waals surface area (Å²) < 4.78 is 1.02. The van der Waals surface area contributed by atoms with Crippen molar-refractivity contribution >= 4 is 49.9 Å². The molecule has 0 aliphatic heterocycles. The summed E-state index contributed by atoms with van der Waals surface area (Å²) in [6.45, 7) is 0. The molecule has 1 heterocycles. The number of thiazole rings is 1. The van der Waals surface area contributed by atoms with Gasteiger partial charge in [0.2, 0.25) is 0 Å². The largest absolute Gasteiger partial charge is 0.398 e. The Balaban J connectivity index is 1.90. The number of aromatic nitrogens is 1. The van der Waals surface area contributed by atoms with E-state index in [2.05, 4.69) is 10.3 Å². The number of halogens is 1. The monoisotopic (exact) mass is 303 g/mol. The Labute approximate surface area is 124 Å². The summed E-state index contributed by atoms with van der Waals surface area (Å²) in [5.74, 6) is -0.318. The summed E-state index contributed by atoms with van der Waals surface area (Å²) in [6.07, 6.45) is 0. The molecule has 3 rings (SSSR count). The minimum absolute atomic E-state index is 0.256. The van der Waals surface area contributed by atoms with Gasteiger partial charge in [-0.25, -0.2) is 4.98 Å². The molecule has 0 spiro atoms. The van der Waals surface area contributed by atoms with Gasteiger partial charge in [0.15, 0.2) is 5.13 Å². The highest BCUT2D eigenvalue weighted by Gasteiger charge is 2.14. The van der Waals surface area contributed by atoms with E-state index in [9.17, 15) is 4.79 Å². The Bertz CT molecular complexity index is 767. The van der Waals surface area contributed by atoms with Crippen molar-refractivity contribution in [3.8, 4) is 0 Å². The third kappa shape index (κ3) is 2.33. The number of amides is 1. The Morgan fingerprint density at radius 3 is 2.80 bits per heavy atom. The van der Waals surface area contributed by atoms with Crippen molar-refractivity contribution in [3.05, 3.63) is 53.1 Å². The van der Waals surface area contributed by atoms with E-state index < -0.39 is 0 Å². The molecule has 6 heteroatoms. The van der Waals surface area contributed by atoms with E-state index in [1.54, 1.807) is 18.2 Å². The number of anilines is 2. The molecule has 0 fully saturated rings. The number of para-hydroxylation sites is 1. The first-order chi connectivity index (χ1) is 9.65. The van der Waals surface area contributed by atoms with E-state index in [4.69, 9.17) is 17.3 Å². The van der Waals surface area contributed by atoms with E-state index in [1.165, 1.54) is 11.3 Å². The maximum Gasteiger partial charge on any atom is 0.259 e. The fraction of sp³-hybridized carbons (Fsp3) is 0. The first-order valence-corrected chi connectivity index (χ1v) is 7.05. The van der Waals surface area contributed by atoms with Gasteiger partial charge in [0, 0.05) is 0 Å². The molecular formula is C14H10ClN3OS. The highest BCUT2D eigenvalue weighted by Crippen LogP contribution is 2.27. The number of hydrogen-bond donors (Lipinski definition) is 2. The van der Waals surface area contributed by atoms with Gasteiger partial charge in [-0.15, -0.1) is 0 Å². The zero-order chi connectivity index (χ0) is 14.1. The zero-order valence-corrected chi connectivity index (χ0v) is 11.8. The Hall–Kier alpha value is -2.11. The summed E-state index contributed by atoms with van der Waals surface area (Å²) in [6, 6.07) is 12.7. The van der Waals surface area contributed by atoms with Gasteiger partial charge in [-0.05, 0) is 24.3 Å². The molecule has 0 aliphatic carbocycles. The quantitative estimate of drug-likeness (QED) is 0.708. The average Bonchev–Trinajstić information content (AvgIpc) is 2.83. The van der Waals surface area contributed by atoms with Crippen molar-refractivity contribution < 1.29 is 4.79 Å². The molecule has 100 valence electrons. The van der Waals surface area contributed by atoms with E-state index in [1.807, 2.05) is 24.3 Å². The summed E-state index contributed by atoms with van der Waals surface area (Å²) in [4.78, 5) is 16.5. The molecule has 2 aromatic carbocycles. The lowest BCUT2D eigenvalue weighted by Crippen LogP contribution is -2.12. The maximum atomic E-state index is 12.2. The molecule has 0 saturated carbocycles. The molecule has 0 bridgehead atoms. The summed E-state index contributed by atoms with van der Waals surface area (Å²) in [5, 5.41) is 3.54. The third-order valence-corrected chi connectivity index (χ3v) is 4.16. The van der Waals surface area contributed by atoms with Crippen molar-refractivity contribution in [1.29, 1.82) is 0 Å². The fourth-order valence-corrected chi connectivity index (χ4v) is 2.89. The first kappa shape index (κ1) is 12.9. The number of nitrogens with two attached hydrogens (primary N) is 1. The van der Waals surface area contributed by atoms with Gasteiger partial charge >= 0.3 is 0 Å². The lowest BCUT2D eigenvalue weighted by molar-refractivity contribution is 0.102. The number of carbonyl (C=O) groups excluding carboxylic acids is 1. The van der Waals surface area contributed by atoms with Crippen molar-refractivity contribution in [2.24, 2.45) is 0 Å². The lowest BCUT2D eigenvalue weighted by atomic mass is 10.2. The van der Waals surface area contributed by atoms with Crippen molar-refractivity contribution in [3.63, 3.8) is 0 Å². The first-order valence-electron chi connectivity index (χ1n) is 5.86. The number of nitrogens with zero attached hydrogens (tertiary/aromatic N) is 1. The molecule has 0 saturated heterocycles. The number of carbonyl (C=O) groups is 1. The second-order valence-electron chi connectivity index (χ2n) is 4.15. The number of benzene rings is 2. The molecule has 1 amide bonds. The molecule has 3 aromatic rings. The lowest BCUT2D eigenvalue weighted by Gasteiger charge is -2.05. The van der Waals surface area contributed by atoms with Gasteiger partial charge in [-0.1, -0.05) is 41.1 Å². The van der Waals surface area contributed by atoms with Crippen LogP contribution >= 0.6 is 22.9 Å². The Morgan fingerprint density at radius 1 is 1.20 bits per heavy atom. The Kier molecular flexibility index (Phi) is 3.30. The number of nitrogen functional groups attached to an aromatic ring is 1. The van der Waals surface area contributed by atoms with Gasteiger partial charge in [0.25, 0.3) is 5.91 Å². The van der Waals surface area contributed by atoms with Crippen molar-refractivity contribution in [2.45, 2.75) is 0 Å². The van der Waals surface area contributed by atoms with Crippen molar-refractivity contribution in [2.75, 3.05) is 11.1 Å². The predicted octanol–water partition coefficient (Wildman–Crippen LogP) is 3.78. The molecule has 1 aromatic heterocycles. The highest BCUT2D eigenvalue weighted by molar-refractivity contribution is 7.22. The van der Waals surface area contributed by atoms with E-state index in [-0.39, 0.29) is 10.9 Å². The van der Waals surface area contributed by atoms with Crippen LogP contribution in [0.15, 0.2) is 42.5 Å². The molecular weight excluding hydrogens is 294 g/mol. The van der Waals surface area contributed by atoms with E-state index in [0.717, 1.165) is 10.2 Å². The SMILES string of the molecule is Nc1cccc(C(=O)Nc2nc3ccccc3s2)c1Cl. The summed E-state index contributed by atoms with van der Waals surface area (Å²) in [7, 11) is 0. The standard InChI is InChI=1S/C14H10ClN3OS/c15-12-8(4-3-5-9(12)16)13(19)18-14-17-10-6-1-2-7-11(10)20-14/h1-7H,16H2,(H,17,18,19). The number of nitrogens with one attached hydrogen (secondary N) is 1. The van der Waals surface area contributed by atoms with Crippen LogP contribution in [-0.2, 0) is 0 Å². The summed E-state index contributed by atoms with van der Waals surface area (Å²) in [5.41, 5.74) is 7.26. The van der Waals surface area contributed by atoms with Gasteiger partial charge in [0.1, 0.15) is 0 Å². The smallest absolute Gasteiger partial charge is 0.259 e. The van der Waals surface area contributed by atoms with Crippen LogP contribution in [0.1, 0.15) is 10.4 Å². The van der Waals surface area contributed by atoms with Crippen LogP contribution in [0.3, 0.4) is 0 Å². The van der Waals surface area contributed by atoms with Crippen LogP contribution in [0, 0.1) is 0 Å². The zero-order valence-electron chi connectivity index (χ0n) is 10.3. The van der Waals surface area contributed by atoms with Crippen LogP contribution < -0.4 is 11.1 Å². The van der Waals surface area contributed by atoms with Gasteiger partial charge in [-0.2, -0.15) is 0 Å². The van der Waals surface area contributed by atoms with Crippen LogP contribution in [0.4, 0.5) is 10.8 Å². The van der Waals surface area contributed by atoms with Crippen LogP contribution in [0.2, 0.25) is 5.02 Å². The van der Waals surface area contributed by atoms with Crippen LogP contribution in [-0.4, -0.2) is 10.9 Å². The number of rotatable bonds is 2. The molecule has 4 nitrogen and oxygen atoms in total.